The fourth-order valence-electron chi connectivity index (χ4n) is 6.18. The average Bonchev–Trinajstić information content (AvgIpc) is 3.14. The van der Waals surface area contributed by atoms with Crippen LogP contribution in [-0.4, -0.2) is 82.3 Å². The zero-order chi connectivity index (χ0) is 37.3. The molecule has 1 atom stereocenters. The summed E-state index contributed by atoms with van der Waals surface area (Å²) in [4.78, 5) is 16.5. The van der Waals surface area contributed by atoms with Crippen LogP contribution in [0.1, 0.15) is 30.4 Å². The number of amidine groups is 1. The van der Waals surface area contributed by atoms with Crippen molar-refractivity contribution < 1.29 is 22.5 Å². The first-order valence-electron chi connectivity index (χ1n) is 17.0. The molecule has 3 N–H and O–H groups in total. The SMILES string of the molecule is COC1(Cc2ccccc2F)CCN(c2ccc(/C(N)=N\S(=O)(=O)c3ccc(N[C@H](CCN(C)C)CSc4ccccc4)c([N+](=O)[O-])c3)cc2)CC1. The van der Waals surface area contributed by atoms with Crippen LogP contribution in [0.25, 0.3) is 0 Å². The highest BCUT2D eigenvalue weighted by molar-refractivity contribution is 7.99. The summed E-state index contributed by atoms with van der Waals surface area (Å²) in [5.74, 6) is 0.176. The number of methoxy groups -OCH3 is 1. The number of ether oxygens (including phenoxy) is 1. The number of thioether (sulfide) groups is 1. The zero-order valence-electron chi connectivity index (χ0n) is 29.6. The lowest BCUT2D eigenvalue weighted by Crippen LogP contribution is -2.47. The van der Waals surface area contributed by atoms with Crippen LogP contribution in [0.2, 0.25) is 0 Å². The fraction of sp³-hybridized carbons (Fsp3) is 0.342. The highest BCUT2D eigenvalue weighted by Gasteiger charge is 2.35. The van der Waals surface area contributed by atoms with E-state index in [0.29, 0.717) is 55.7 Å². The topological polar surface area (TPSA) is 143 Å². The van der Waals surface area contributed by atoms with E-state index < -0.39 is 20.5 Å². The summed E-state index contributed by atoms with van der Waals surface area (Å²) < 4.78 is 50.8. The molecule has 0 aliphatic carbocycles. The third-order valence-electron chi connectivity index (χ3n) is 9.27. The maximum Gasteiger partial charge on any atom is 0.293 e. The van der Waals surface area contributed by atoms with Crippen LogP contribution in [0.4, 0.5) is 21.5 Å². The van der Waals surface area contributed by atoms with Crippen LogP contribution >= 0.6 is 11.8 Å². The van der Waals surface area contributed by atoms with Crippen molar-refractivity contribution in [3.63, 3.8) is 0 Å². The molecule has 52 heavy (non-hydrogen) atoms. The van der Waals surface area contributed by atoms with Gasteiger partial charge in [-0.1, -0.05) is 36.4 Å². The maximum atomic E-state index is 14.4. The Bertz CT molecular complexity index is 1950. The van der Waals surface area contributed by atoms with Crippen LogP contribution in [0.5, 0.6) is 0 Å². The second kappa shape index (κ2) is 17.3. The number of nitrogens with two attached hydrogens (primary N) is 1. The third-order valence-corrected chi connectivity index (χ3v) is 11.7. The van der Waals surface area contributed by atoms with E-state index >= 15 is 0 Å². The molecule has 1 aliphatic heterocycles. The van der Waals surface area contributed by atoms with Crippen molar-refractivity contribution in [1.29, 1.82) is 0 Å². The van der Waals surface area contributed by atoms with E-state index in [2.05, 4.69) is 14.6 Å². The standard InChI is InChI=1S/C38H45FN6O5S2/c1-43(2)22-19-30(27-51-32-10-5-4-6-11-32)41-35-18-17-33(25-36(35)45(46)47)52(48,49)42-37(40)28-13-15-31(16-14-28)44-23-20-38(50-3,21-24-44)26-29-9-7-8-12-34(29)39/h4-18,25,30,41H,19-24,26-27H2,1-3H3,(H2,40,42)/t30-/m1/s1. The molecule has 4 aromatic carbocycles. The normalized spacial score (nSPS) is 15.4. The minimum atomic E-state index is -4.38. The number of halogens is 1. The van der Waals surface area contributed by atoms with E-state index in [1.54, 1.807) is 43.1 Å². The maximum absolute atomic E-state index is 14.4. The van der Waals surface area contributed by atoms with Crippen molar-refractivity contribution in [2.75, 3.05) is 56.8 Å². The van der Waals surface area contributed by atoms with E-state index in [1.165, 1.54) is 18.2 Å². The first-order valence-corrected chi connectivity index (χ1v) is 19.4. The number of hydrogen-bond donors (Lipinski definition) is 2. The molecule has 1 saturated heterocycles. The molecule has 0 bridgehead atoms. The van der Waals surface area contributed by atoms with Gasteiger partial charge in [-0.25, -0.2) is 4.39 Å². The van der Waals surface area contributed by atoms with E-state index in [1.807, 2.05) is 67.5 Å². The minimum absolute atomic E-state index is 0.128. The van der Waals surface area contributed by atoms with Crippen LogP contribution in [0.15, 0.2) is 111 Å². The third kappa shape index (κ3) is 10.1. The molecule has 11 nitrogen and oxygen atoms in total. The Hall–Kier alpha value is -4.50. The molecule has 5 rings (SSSR count). The molecule has 0 unspecified atom stereocenters. The number of sulfonamides is 1. The highest BCUT2D eigenvalue weighted by atomic mass is 32.2. The monoisotopic (exact) mass is 748 g/mol. The van der Waals surface area contributed by atoms with Gasteiger partial charge in [-0.2, -0.15) is 8.42 Å². The first kappa shape index (κ1) is 38.7. The van der Waals surface area contributed by atoms with Crippen molar-refractivity contribution in [3.8, 4) is 0 Å². The van der Waals surface area contributed by atoms with Gasteiger partial charge in [0.05, 0.1) is 15.4 Å². The Morgan fingerprint density at radius 1 is 1.06 bits per heavy atom. The van der Waals surface area contributed by atoms with Crippen LogP contribution in [-0.2, 0) is 21.2 Å². The van der Waals surface area contributed by atoms with Gasteiger partial charge in [0.25, 0.3) is 15.7 Å². The predicted octanol–water partition coefficient (Wildman–Crippen LogP) is 6.58. The summed E-state index contributed by atoms with van der Waals surface area (Å²) in [5.41, 5.74) is 7.50. The number of nitro benzene ring substituents is 1. The van der Waals surface area contributed by atoms with Gasteiger partial charge in [-0.05, 0) is 100 Å². The Balaban J connectivity index is 1.26. The molecule has 276 valence electrons. The summed E-state index contributed by atoms with van der Waals surface area (Å²) in [6.45, 7) is 2.13. The number of piperidine rings is 1. The smallest absolute Gasteiger partial charge is 0.293 e. The number of hydrogen-bond acceptors (Lipinski definition) is 9. The van der Waals surface area contributed by atoms with Gasteiger partial charge in [0.2, 0.25) is 0 Å². The fourth-order valence-corrected chi connectivity index (χ4v) is 8.15. The van der Waals surface area contributed by atoms with Gasteiger partial charge in [0, 0.05) is 60.6 Å². The molecular weight excluding hydrogens is 704 g/mol. The molecule has 0 aromatic heterocycles. The molecule has 0 radical (unpaired) electrons. The van der Waals surface area contributed by atoms with Gasteiger partial charge in [-0.15, -0.1) is 16.2 Å². The number of nitro groups is 1. The van der Waals surface area contributed by atoms with Crippen molar-refractivity contribution in [1.82, 2.24) is 4.90 Å². The van der Waals surface area contributed by atoms with Gasteiger partial charge in [0.1, 0.15) is 17.3 Å². The number of benzene rings is 4. The Morgan fingerprint density at radius 3 is 2.37 bits per heavy atom. The minimum Gasteiger partial charge on any atom is -0.383 e. The quantitative estimate of drug-likeness (QED) is 0.0424. The molecule has 1 heterocycles. The predicted molar refractivity (Wildman–Crippen MR) is 206 cm³/mol. The molecule has 4 aromatic rings. The number of anilines is 2. The summed E-state index contributed by atoms with van der Waals surface area (Å²) >= 11 is 1.64. The molecule has 1 fully saturated rings. The van der Waals surface area contributed by atoms with Gasteiger partial charge >= 0.3 is 0 Å². The summed E-state index contributed by atoms with van der Waals surface area (Å²) in [6, 6.07) is 27.3. The van der Waals surface area contributed by atoms with Crippen LogP contribution in [0.3, 0.4) is 0 Å². The van der Waals surface area contributed by atoms with E-state index in [4.69, 9.17) is 10.5 Å². The van der Waals surface area contributed by atoms with Crippen molar-refractivity contribution >= 4 is 44.7 Å². The van der Waals surface area contributed by atoms with Crippen molar-refractivity contribution in [2.24, 2.45) is 10.1 Å². The summed E-state index contributed by atoms with van der Waals surface area (Å²) in [7, 11) is 1.21. The zero-order valence-corrected chi connectivity index (χ0v) is 31.2. The molecule has 0 amide bonds. The number of rotatable bonds is 16. The van der Waals surface area contributed by atoms with E-state index in [9.17, 15) is 22.9 Å². The largest absolute Gasteiger partial charge is 0.383 e. The van der Waals surface area contributed by atoms with E-state index in [0.717, 1.165) is 23.2 Å². The molecular formula is C38H45FN6O5S2. The Morgan fingerprint density at radius 2 is 1.73 bits per heavy atom. The number of nitrogens with zero attached hydrogens (tertiary/aromatic N) is 4. The molecule has 1 aliphatic rings. The van der Waals surface area contributed by atoms with E-state index in [-0.39, 0.29) is 34.0 Å². The van der Waals surface area contributed by atoms with Gasteiger partial charge in [0.15, 0.2) is 0 Å². The summed E-state index contributed by atoms with van der Waals surface area (Å²) in [5, 5.41) is 15.4. The van der Waals surface area contributed by atoms with Gasteiger partial charge < -0.3 is 25.6 Å². The molecule has 0 spiro atoms. The lowest BCUT2D eigenvalue weighted by Gasteiger charge is -2.42. The second-order valence-corrected chi connectivity index (χ2v) is 15.8. The Labute approximate surface area is 309 Å². The lowest BCUT2D eigenvalue weighted by molar-refractivity contribution is -0.384. The molecule has 14 heteroatoms. The Kier molecular flexibility index (Phi) is 12.9. The lowest BCUT2D eigenvalue weighted by atomic mass is 9.84. The second-order valence-electron chi connectivity index (χ2n) is 13.1. The first-order chi connectivity index (χ1) is 24.9. The van der Waals surface area contributed by atoms with Crippen LogP contribution < -0.4 is 16.0 Å². The van der Waals surface area contributed by atoms with Gasteiger partial charge in [-0.3, -0.25) is 10.1 Å². The van der Waals surface area contributed by atoms with Crippen molar-refractivity contribution in [2.45, 2.75) is 47.1 Å². The molecule has 0 saturated carbocycles. The van der Waals surface area contributed by atoms with Crippen molar-refractivity contribution in [3.05, 3.63) is 124 Å². The average molecular weight is 749 g/mol. The number of nitrogens with one attached hydrogen (secondary N) is 1. The highest BCUT2D eigenvalue weighted by Crippen LogP contribution is 2.34. The summed E-state index contributed by atoms with van der Waals surface area (Å²) in [6.07, 6.45) is 2.60. The van der Waals surface area contributed by atoms with Crippen LogP contribution in [0, 0.1) is 15.9 Å².